The first-order valence-corrected chi connectivity index (χ1v) is 9.30. The number of amides is 1. The standard InChI is InChI=1S/C21H25N3O2/c25-21(22-19-4-2-1-3-5-19)16-24-11-9-23(10-12-24)15-17-6-7-20-18(14-17)8-13-26-20/h1-7,14H,8-13,15-16H2,(H,22,25). The number of anilines is 1. The van der Waals surface area contributed by atoms with E-state index < -0.39 is 0 Å². The molecule has 5 heteroatoms. The van der Waals surface area contributed by atoms with Crippen molar-refractivity contribution in [2.24, 2.45) is 0 Å². The highest BCUT2D eigenvalue weighted by Crippen LogP contribution is 2.26. The number of rotatable bonds is 5. The van der Waals surface area contributed by atoms with Gasteiger partial charge >= 0.3 is 0 Å². The second-order valence-electron chi connectivity index (χ2n) is 7.01. The van der Waals surface area contributed by atoms with Crippen LogP contribution in [0.1, 0.15) is 11.1 Å². The number of carbonyl (C=O) groups is 1. The van der Waals surface area contributed by atoms with E-state index in [-0.39, 0.29) is 5.91 Å². The summed E-state index contributed by atoms with van der Waals surface area (Å²) in [6.07, 6.45) is 1.02. The Morgan fingerprint density at radius 2 is 1.77 bits per heavy atom. The number of piperazine rings is 1. The van der Waals surface area contributed by atoms with E-state index in [0.717, 1.165) is 57.2 Å². The van der Waals surface area contributed by atoms with E-state index in [1.54, 1.807) is 0 Å². The van der Waals surface area contributed by atoms with E-state index in [4.69, 9.17) is 4.74 Å². The highest BCUT2D eigenvalue weighted by molar-refractivity contribution is 5.92. The molecule has 2 heterocycles. The molecule has 0 unspecified atom stereocenters. The van der Waals surface area contributed by atoms with Gasteiger partial charge in [0.1, 0.15) is 5.75 Å². The van der Waals surface area contributed by atoms with Crippen molar-refractivity contribution in [1.82, 2.24) is 9.80 Å². The first-order chi connectivity index (χ1) is 12.8. The van der Waals surface area contributed by atoms with Crippen LogP contribution in [0.15, 0.2) is 48.5 Å². The van der Waals surface area contributed by atoms with E-state index in [0.29, 0.717) is 6.54 Å². The predicted octanol–water partition coefficient (Wildman–Crippen LogP) is 2.38. The lowest BCUT2D eigenvalue weighted by molar-refractivity contribution is -0.117. The van der Waals surface area contributed by atoms with Crippen LogP contribution in [0.5, 0.6) is 5.75 Å². The largest absolute Gasteiger partial charge is 0.493 e. The Bertz CT molecular complexity index is 755. The zero-order valence-electron chi connectivity index (χ0n) is 15.0. The monoisotopic (exact) mass is 351 g/mol. The van der Waals surface area contributed by atoms with E-state index in [1.807, 2.05) is 30.3 Å². The molecule has 1 amide bonds. The van der Waals surface area contributed by atoms with Crippen LogP contribution in [0.3, 0.4) is 0 Å². The Balaban J connectivity index is 1.23. The molecule has 0 atom stereocenters. The molecule has 5 nitrogen and oxygen atoms in total. The molecule has 0 spiro atoms. The van der Waals surface area contributed by atoms with Gasteiger partial charge in [0.05, 0.1) is 13.2 Å². The Labute approximate surface area is 154 Å². The van der Waals surface area contributed by atoms with Gasteiger partial charge in [-0.3, -0.25) is 14.6 Å². The third-order valence-electron chi connectivity index (χ3n) is 5.05. The average molecular weight is 351 g/mol. The molecule has 0 bridgehead atoms. The van der Waals surface area contributed by atoms with Crippen molar-refractivity contribution >= 4 is 11.6 Å². The molecule has 136 valence electrons. The van der Waals surface area contributed by atoms with E-state index in [9.17, 15) is 4.79 Å². The molecule has 0 saturated carbocycles. The molecule has 0 radical (unpaired) electrons. The molecular weight excluding hydrogens is 326 g/mol. The van der Waals surface area contributed by atoms with Crippen LogP contribution < -0.4 is 10.1 Å². The lowest BCUT2D eigenvalue weighted by Gasteiger charge is -2.34. The van der Waals surface area contributed by atoms with Gasteiger partial charge in [0.2, 0.25) is 5.91 Å². The molecule has 26 heavy (non-hydrogen) atoms. The summed E-state index contributed by atoms with van der Waals surface area (Å²) >= 11 is 0. The molecule has 1 N–H and O–H groups in total. The summed E-state index contributed by atoms with van der Waals surface area (Å²) in [5.41, 5.74) is 3.54. The molecule has 2 aliphatic rings. The number of nitrogens with one attached hydrogen (secondary N) is 1. The van der Waals surface area contributed by atoms with Crippen molar-refractivity contribution in [3.63, 3.8) is 0 Å². The number of benzene rings is 2. The first kappa shape index (κ1) is 17.1. The Kier molecular flexibility index (Phi) is 5.18. The number of para-hydroxylation sites is 1. The summed E-state index contributed by atoms with van der Waals surface area (Å²) < 4.78 is 5.58. The molecule has 0 aromatic heterocycles. The van der Waals surface area contributed by atoms with Crippen LogP contribution in [0.2, 0.25) is 0 Å². The van der Waals surface area contributed by atoms with Gasteiger partial charge in [0, 0.05) is 44.8 Å². The van der Waals surface area contributed by atoms with Crippen LogP contribution in [0.4, 0.5) is 5.69 Å². The summed E-state index contributed by atoms with van der Waals surface area (Å²) in [5, 5.41) is 2.96. The fourth-order valence-electron chi connectivity index (χ4n) is 3.63. The number of nitrogens with zero attached hydrogens (tertiary/aromatic N) is 2. The van der Waals surface area contributed by atoms with Crippen molar-refractivity contribution in [3.05, 3.63) is 59.7 Å². The Morgan fingerprint density at radius 1 is 1.00 bits per heavy atom. The minimum atomic E-state index is 0.0586. The van der Waals surface area contributed by atoms with Crippen LogP contribution in [-0.2, 0) is 17.8 Å². The van der Waals surface area contributed by atoms with Crippen LogP contribution in [0, 0.1) is 0 Å². The summed E-state index contributed by atoms with van der Waals surface area (Å²) in [6.45, 7) is 6.07. The third kappa shape index (κ3) is 4.23. The minimum absolute atomic E-state index is 0.0586. The Hall–Kier alpha value is -2.37. The number of hydrogen-bond donors (Lipinski definition) is 1. The summed E-state index contributed by atoms with van der Waals surface area (Å²) in [4.78, 5) is 16.9. The third-order valence-corrected chi connectivity index (χ3v) is 5.05. The highest BCUT2D eigenvalue weighted by Gasteiger charge is 2.20. The van der Waals surface area contributed by atoms with E-state index in [2.05, 4.69) is 33.3 Å². The van der Waals surface area contributed by atoms with E-state index in [1.165, 1.54) is 11.1 Å². The molecule has 1 fully saturated rings. The first-order valence-electron chi connectivity index (χ1n) is 9.30. The van der Waals surface area contributed by atoms with Crippen molar-refractivity contribution in [2.75, 3.05) is 44.6 Å². The van der Waals surface area contributed by atoms with Gasteiger partial charge in [-0.25, -0.2) is 0 Å². The van der Waals surface area contributed by atoms with Crippen molar-refractivity contribution < 1.29 is 9.53 Å². The van der Waals surface area contributed by atoms with Crippen LogP contribution in [0.25, 0.3) is 0 Å². The quantitative estimate of drug-likeness (QED) is 0.898. The van der Waals surface area contributed by atoms with Gasteiger partial charge in [0.15, 0.2) is 0 Å². The lowest BCUT2D eigenvalue weighted by Crippen LogP contribution is -2.48. The fourth-order valence-corrected chi connectivity index (χ4v) is 3.63. The fraction of sp³-hybridized carbons (Fsp3) is 0.381. The van der Waals surface area contributed by atoms with Crippen molar-refractivity contribution in [3.8, 4) is 5.75 Å². The van der Waals surface area contributed by atoms with Gasteiger partial charge in [-0.2, -0.15) is 0 Å². The zero-order chi connectivity index (χ0) is 17.8. The Morgan fingerprint density at radius 3 is 2.58 bits per heavy atom. The molecule has 2 aliphatic heterocycles. The molecule has 0 aliphatic carbocycles. The predicted molar refractivity (Wildman–Crippen MR) is 102 cm³/mol. The second kappa shape index (κ2) is 7.89. The highest BCUT2D eigenvalue weighted by atomic mass is 16.5. The molecule has 1 saturated heterocycles. The molecule has 4 rings (SSSR count). The maximum atomic E-state index is 12.2. The minimum Gasteiger partial charge on any atom is -0.493 e. The zero-order valence-corrected chi connectivity index (χ0v) is 15.0. The summed E-state index contributed by atoms with van der Waals surface area (Å²) in [6, 6.07) is 16.2. The van der Waals surface area contributed by atoms with Gasteiger partial charge < -0.3 is 10.1 Å². The summed E-state index contributed by atoms with van der Waals surface area (Å²) in [7, 11) is 0. The molecule has 2 aromatic rings. The van der Waals surface area contributed by atoms with E-state index >= 15 is 0 Å². The number of hydrogen-bond acceptors (Lipinski definition) is 4. The van der Waals surface area contributed by atoms with Gasteiger partial charge in [0.25, 0.3) is 0 Å². The SMILES string of the molecule is O=C(CN1CCN(Cc2ccc3c(c2)CCO3)CC1)Nc1ccccc1. The lowest BCUT2D eigenvalue weighted by atomic mass is 10.1. The van der Waals surface area contributed by atoms with Crippen LogP contribution >= 0.6 is 0 Å². The normalized spacial score (nSPS) is 17.5. The maximum Gasteiger partial charge on any atom is 0.238 e. The van der Waals surface area contributed by atoms with Gasteiger partial charge in [-0.1, -0.05) is 30.3 Å². The smallest absolute Gasteiger partial charge is 0.238 e. The number of ether oxygens (including phenoxy) is 1. The van der Waals surface area contributed by atoms with Crippen molar-refractivity contribution in [2.45, 2.75) is 13.0 Å². The second-order valence-corrected chi connectivity index (χ2v) is 7.01. The topological polar surface area (TPSA) is 44.8 Å². The van der Waals surface area contributed by atoms with Gasteiger partial charge in [-0.05, 0) is 29.3 Å². The van der Waals surface area contributed by atoms with Crippen LogP contribution in [-0.4, -0.2) is 55.0 Å². The number of fused-ring (bicyclic) bond motifs is 1. The van der Waals surface area contributed by atoms with Crippen molar-refractivity contribution in [1.29, 1.82) is 0 Å². The van der Waals surface area contributed by atoms with Gasteiger partial charge in [-0.15, -0.1) is 0 Å². The number of carbonyl (C=O) groups excluding carboxylic acids is 1. The molecule has 2 aromatic carbocycles. The molecular formula is C21H25N3O2. The maximum absolute atomic E-state index is 12.2. The summed E-state index contributed by atoms with van der Waals surface area (Å²) in [5.74, 6) is 1.10. The average Bonchev–Trinajstić information content (AvgIpc) is 3.12.